The van der Waals surface area contributed by atoms with Gasteiger partial charge in [-0.2, -0.15) is 0 Å². The van der Waals surface area contributed by atoms with Gasteiger partial charge in [-0.1, -0.05) is 0 Å². The summed E-state index contributed by atoms with van der Waals surface area (Å²) in [7, 11) is 1.98. The topological polar surface area (TPSA) is 92.9 Å². The number of aromatic nitrogens is 5. The molecule has 3 heterocycles. The van der Waals surface area contributed by atoms with E-state index < -0.39 is 0 Å². The van der Waals surface area contributed by atoms with Crippen LogP contribution in [0.2, 0.25) is 0 Å². The van der Waals surface area contributed by atoms with E-state index in [2.05, 4.69) is 37.5 Å². The highest BCUT2D eigenvalue weighted by molar-refractivity contribution is 7.09. The number of nitrogens with one attached hydrogen (secondary N) is 1. The highest BCUT2D eigenvalue weighted by Crippen LogP contribution is 2.33. The quantitative estimate of drug-likeness (QED) is 0.766. The van der Waals surface area contributed by atoms with E-state index >= 15 is 0 Å². The highest BCUT2D eigenvalue weighted by atomic mass is 32.1. The molecule has 1 atom stereocenters. The van der Waals surface area contributed by atoms with Crippen LogP contribution in [-0.2, 0) is 0 Å². The van der Waals surface area contributed by atoms with Crippen molar-refractivity contribution in [3.05, 3.63) is 16.6 Å². The van der Waals surface area contributed by atoms with Crippen molar-refractivity contribution in [3.8, 4) is 0 Å². The van der Waals surface area contributed by atoms with E-state index in [0.29, 0.717) is 17.3 Å². The van der Waals surface area contributed by atoms with Crippen molar-refractivity contribution >= 4 is 34.3 Å². The van der Waals surface area contributed by atoms with Crippen LogP contribution in [0.3, 0.4) is 0 Å². The Morgan fingerprint density at radius 2 is 2.09 bits per heavy atom. The highest BCUT2D eigenvalue weighted by Gasteiger charge is 2.27. The molecular weight excluding hydrogens is 302 g/mol. The molecule has 3 aromatic heterocycles. The third-order valence-electron chi connectivity index (χ3n) is 3.74. The van der Waals surface area contributed by atoms with Crippen LogP contribution in [-0.4, -0.2) is 38.4 Å². The third-order valence-corrected chi connectivity index (χ3v) is 4.68. The van der Waals surface area contributed by atoms with Gasteiger partial charge in [-0.05, 0) is 30.1 Å². The normalized spacial score (nSPS) is 15.9. The fourth-order valence-electron chi connectivity index (χ4n) is 2.18. The summed E-state index contributed by atoms with van der Waals surface area (Å²) in [5.41, 5.74) is 0.830. The molecule has 0 aliphatic heterocycles. The first-order valence-electron chi connectivity index (χ1n) is 7.11. The minimum Gasteiger partial charge on any atom is -0.364 e. The minimum atomic E-state index is 0.0892. The van der Waals surface area contributed by atoms with Crippen molar-refractivity contribution in [2.24, 2.45) is 0 Å². The molecule has 114 valence electrons. The van der Waals surface area contributed by atoms with Gasteiger partial charge in [-0.15, -0.1) is 11.3 Å². The van der Waals surface area contributed by atoms with E-state index in [4.69, 9.17) is 4.63 Å². The summed E-state index contributed by atoms with van der Waals surface area (Å²) in [6, 6.07) is 0.556. The Morgan fingerprint density at radius 1 is 1.32 bits per heavy atom. The molecule has 1 N–H and O–H groups in total. The lowest BCUT2D eigenvalue weighted by molar-refractivity contribution is 0.314. The zero-order valence-electron chi connectivity index (χ0n) is 12.2. The van der Waals surface area contributed by atoms with Gasteiger partial charge in [0.25, 0.3) is 0 Å². The van der Waals surface area contributed by atoms with Gasteiger partial charge >= 0.3 is 0 Å². The number of thiazole rings is 1. The van der Waals surface area contributed by atoms with Gasteiger partial charge in [0.15, 0.2) is 11.6 Å². The van der Waals surface area contributed by atoms with E-state index in [1.165, 1.54) is 0 Å². The summed E-state index contributed by atoms with van der Waals surface area (Å²) in [6.45, 7) is 2.09. The summed E-state index contributed by atoms with van der Waals surface area (Å²) in [5.74, 6) is 1.45. The van der Waals surface area contributed by atoms with Crippen molar-refractivity contribution in [2.45, 2.75) is 31.8 Å². The average molecular weight is 317 g/mol. The predicted molar refractivity (Wildman–Crippen MR) is 83.0 cm³/mol. The number of nitrogens with zero attached hydrogens (tertiary/aromatic N) is 6. The zero-order valence-corrected chi connectivity index (χ0v) is 13.0. The Hall–Kier alpha value is -2.29. The molecule has 0 spiro atoms. The summed E-state index contributed by atoms with van der Waals surface area (Å²) in [5, 5.41) is 14.0. The Balaban J connectivity index is 1.74. The van der Waals surface area contributed by atoms with Gasteiger partial charge in [0.2, 0.25) is 11.3 Å². The Bertz CT molecular complexity index is 783. The summed E-state index contributed by atoms with van der Waals surface area (Å²) in [6.07, 6.45) is 4.12. The minimum absolute atomic E-state index is 0.0892. The molecule has 0 aromatic carbocycles. The van der Waals surface area contributed by atoms with Gasteiger partial charge in [-0.3, -0.25) is 0 Å². The van der Waals surface area contributed by atoms with E-state index in [1.807, 2.05) is 23.5 Å². The predicted octanol–water partition coefficient (Wildman–Crippen LogP) is 2.24. The van der Waals surface area contributed by atoms with Crippen LogP contribution in [0.5, 0.6) is 0 Å². The molecular formula is C13H15N7OS. The smallest absolute Gasteiger partial charge is 0.245 e. The molecule has 4 rings (SSSR count). The van der Waals surface area contributed by atoms with E-state index in [1.54, 1.807) is 11.3 Å². The molecule has 9 heteroatoms. The molecule has 1 aliphatic carbocycles. The lowest BCUT2D eigenvalue weighted by Gasteiger charge is -2.25. The number of fused-ring (bicyclic) bond motifs is 1. The Morgan fingerprint density at radius 3 is 2.77 bits per heavy atom. The molecule has 22 heavy (non-hydrogen) atoms. The number of hydrogen-bond donors (Lipinski definition) is 1. The molecule has 1 fully saturated rings. The number of hydrogen-bond acceptors (Lipinski definition) is 9. The standard InChI is InChI=1S/C13H15N7OS/c1-7(13-14-5-6-22-13)20(2)12-11(15-8-3-4-8)16-9-10(17-12)19-21-18-9/h5-8H,3-4H2,1-2H3,(H,15,16,18)/t7-/m1/s1. The second-order valence-electron chi connectivity index (χ2n) is 5.38. The van der Waals surface area contributed by atoms with Crippen LogP contribution in [0.15, 0.2) is 16.2 Å². The van der Waals surface area contributed by atoms with Crippen molar-refractivity contribution in [1.82, 2.24) is 25.3 Å². The maximum atomic E-state index is 4.73. The molecule has 1 saturated carbocycles. The molecule has 0 saturated heterocycles. The first-order chi connectivity index (χ1) is 10.7. The van der Waals surface area contributed by atoms with Crippen LogP contribution in [0.1, 0.15) is 30.8 Å². The van der Waals surface area contributed by atoms with Gasteiger partial charge in [-0.25, -0.2) is 19.6 Å². The number of rotatable bonds is 5. The van der Waals surface area contributed by atoms with Crippen LogP contribution < -0.4 is 10.2 Å². The monoisotopic (exact) mass is 317 g/mol. The largest absolute Gasteiger partial charge is 0.364 e. The van der Waals surface area contributed by atoms with Crippen molar-refractivity contribution in [2.75, 3.05) is 17.3 Å². The third kappa shape index (κ3) is 2.37. The maximum absolute atomic E-state index is 4.73. The Labute approximate surface area is 130 Å². The molecule has 0 bridgehead atoms. The average Bonchev–Trinajstić information content (AvgIpc) is 3.03. The molecule has 8 nitrogen and oxygen atoms in total. The lowest BCUT2D eigenvalue weighted by Crippen LogP contribution is -2.24. The molecule has 0 amide bonds. The van der Waals surface area contributed by atoms with Gasteiger partial charge in [0.05, 0.1) is 6.04 Å². The lowest BCUT2D eigenvalue weighted by atomic mass is 10.3. The SMILES string of the molecule is C[C@H](c1nccs1)N(C)c1nc2nonc2nc1NC1CC1. The summed E-state index contributed by atoms with van der Waals surface area (Å²) in [4.78, 5) is 15.5. The maximum Gasteiger partial charge on any atom is 0.245 e. The van der Waals surface area contributed by atoms with Crippen LogP contribution >= 0.6 is 11.3 Å². The van der Waals surface area contributed by atoms with Crippen molar-refractivity contribution in [3.63, 3.8) is 0 Å². The van der Waals surface area contributed by atoms with Gasteiger partial charge in [0.1, 0.15) is 5.01 Å². The number of anilines is 2. The van der Waals surface area contributed by atoms with Crippen LogP contribution in [0, 0.1) is 0 Å². The van der Waals surface area contributed by atoms with E-state index in [9.17, 15) is 0 Å². The van der Waals surface area contributed by atoms with Crippen molar-refractivity contribution < 1.29 is 4.63 Å². The zero-order chi connectivity index (χ0) is 15.1. The van der Waals surface area contributed by atoms with Crippen molar-refractivity contribution in [1.29, 1.82) is 0 Å². The van der Waals surface area contributed by atoms with E-state index in [-0.39, 0.29) is 6.04 Å². The molecule has 0 radical (unpaired) electrons. The second-order valence-corrected chi connectivity index (χ2v) is 6.31. The summed E-state index contributed by atoms with van der Waals surface area (Å²) < 4.78 is 4.73. The Kier molecular flexibility index (Phi) is 3.14. The fraction of sp³-hybridized carbons (Fsp3) is 0.462. The first kappa shape index (κ1) is 13.4. The van der Waals surface area contributed by atoms with Crippen LogP contribution in [0.25, 0.3) is 11.3 Å². The molecule has 1 aliphatic rings. The molecule has 3 aromatic rings. The van der Waals surface area contributed by atoms with Crippen LogP contribution in [0.4, 0.5) is 11.6 Å². The molecule has 0 unspecified atom stereocenters. The first-order valence-corrected chi connectivity index (χ1v) is 7.99. The van der Waals surface area contributed by atoms with E-state index in [0.717, 1.165) is 29.5 Å². The van der Waals surface area contributed by atoms with Gasteiger partial charge < -0.3 is 10.2 Å². The van der Waals surface area contributed by atoms with Gasteiger partial charge in [0, 0.05) is 24.7 Å². The summed E-state index contributed by atoms with van der Waals surface area (Å²) >= 11 is 1.62. The second kappa shape index (κ2) is 5.16. The fourth-order valence-corrected chi connectivity index (χ4v) is 2.92.